The van der Waals surface area contributed by atoms with Gasteiger partial charge in [0.25, 0.3) is 5.91 Å². The maximum absolute atomic E-state index is 13.0. The molecular weight excluding hydrogens is 474 g/mol. The molecule has 3 aromatic rings. The molecule has 7 nitrogen and oxygen atoms in total. The highest BCUT2D eigenvalue weighted by Gasteiger charge is 2.30. The first-order chi connectivity index (χ1) is 18.5. The molecule has 0 unspecified atom stereocenters. The number of carbonyl (C=O) groups excluding carboxylic acids is 1. The zero-order chi connectivity index (χ0) is 26.3. The van der Waals surface area contributed by atoms with Gasteiger partial charge < -0.3 is 20.7 Å². The van der Waals surface area contributed by atoms with E-state index in [-0.39, 0.29) is 23.9 Å². The number of nitrogens with two attached hydrogens (primary N) is 1. The Morgan fingerprint density at radius 1 is 0.947 bits per heavy atom. The molecule has 0 spiro atoms. The number of ether oxygens (including phenoxy) is 1. The Morgan fingerprint density at radius 2 is 1.68 bits per heavy atom. The third kappa shape index (κ3) is 6.98. The normalized spacial score (nSPS) is 20.4. The van der Waals surface area contributed by atoms with E-state index in [1.807, 2.05) is 24.3 Å². The van der Waals surface area contributed by atoms with Gasteiger partial charge in [-0.15, -0.1) is 0 Å². The average Bonchev–Trinajstić information content (AvgIpc) is 3.37. The Labute approximate surface area is 226 Å². The largest absolute Gasteiger partial charge is 0.383 e. The number of amides is 1. The van der Waals surface area contributed by atoms with E-state index in [0.29, 0.717) is 18.6 Å². The lowest BCUT2D eigenvalue weighted by Crippen LogP contribution is -2.43. The fourth-order valence-corrected chi connectivity index (χ4v) is 5.36. The molecule has 1 saturated heterocycles. The average molecular weight is 514 g/mol. The summed E-state index contributed by atoms with van der Waals surface area (Å²) in [5.74, 6) is 0.0847. The minimum Gasteiger partial charge on any atom is -0.383 e. The molecule has 1 aliphatic heterocycles. The minimum absolute atomic E-state index is 0.00633. The lowest BCUT2D eigenvalue weighted by molar-refractivity contribution is 0.0272. The van der Waals surface area contributed by atoms with Crippen LogP contribution in [-0.2, 0) is 24.3 Å². The van der Waals surface area contributed by atoms with Gasteiger partial charge in [0, 0.05) is 44.8 Å². The van der Waals surface area contributed by atoms with E-state index in [1.165, 1.54) is 11.1 Å². The van der Waals surface area contributed by atoms with Crippen LogP contribution < -0.4 is 11.1 Å². The van der Waals surface area contributed by atoms with Gasteiger partial charge in [-0.2, -0.15) is 0 Å². The number of aromatic nitrogens is 1. The Kier molecular flexibility index (Phi) is 8.68. The van der Waals surface area contributed by atoms with Crippen LogP contribution in [0.4, 0.5) is 5.82 Å². The number of hydrogen-bond donors (Lipinski definition) is 2. The van der Waals surface area contributed by atoms with Crippen LogP contribution in [0.25, 0.3) is 0 Å². The SMILES string of the molecule is CN1CCN(Cc2ccc(Cc3ccc(C(=O)N[C@H]4CCC[C@@H]4OCc4ccccc4)c(N)n3)cc2)CC1. The summed E-state index contributed by atoms with van der Waals surface area (Å²) >= 11 is 0. The Hall–Kier alpha value is -3.26. The molecule has 200 valence electrons. The fourth-order valence-electron chi connectivity index (χ4n) is 5.36. The first-order valence-corrected chi connectivity index (χ1v) is 13.7. The van der Waals surface area contributed by atoms with E-state index >= 15 is 0 Å². The lowest BCUT2D eigenvalue weighted by Gasteiger charge is -2.32. The summed E-state index contributed by atoms with van der Waals surface area (Å²) in [5.41, 5.74) is 11.2. The van der Waals surface area contributed by atoms with Gasteiger partial charge in [0.1, 0.15) is 5.82 Å². The first-order valence-electron chi connectivity index (χ1n) is 13.7. The summed E-state index contributed by atoms with van der Waals surface area (Å²) in [7, 11) is 2.18. The van der Waals surface area contributed by atoms with Gasteiger partial charge in [0.05, 0.1) is 24.3 Å². The second-order valence-electron chi connectivity index (χ2n) is 10.7. The lowest BCUT2D eigenvalue weighted by atomic mass is 10.1. The number of nitrogen functional groups attached to an aromatic ring is 1. The van der Waals surface area contributed by atoms with Crippen molar-refractivity contribution in [2.45, 2.75) is 51.0 Å². The van der Waals surface area contributed by atoms with Crippen LogP contribution in [0.15, 0.2) is 66.7 Å². The number of piperazine rings is 1. The van der Waals surface area contributed by atoms with Gasteiger partial charge in [0.15, 0.2) is 0 Å². The highest BCUT2D eigenvalue weighted by atomic mass is 16.5. The number of nitrogens with zero attached hydrogens (tertiary/aromatic N) is 3. The van der Waals surface area contributed by atoms with Crippen LogP contribution >= 0.6 is 0 Å². The molecule has 1 aromatic heterocycles. The molecular formula is C31H39N5O2. The predicted molar refractivity (Wildman–Crippen MR) is 151 cm³/mol. The van der Waals surface area contributed by atoms with E-state index in [9.17, 15) is 4.79 Å². The van der Waals surface area contributed by atoms with E-state index in [1.54, 1.807) is 6.07 Å². The van der Waals surface area contributed by atoms with Crippen LogP contribution in [-0.4, -0.2) is 66.1 Å². The molecule has 2 aromatic carbocycles. The molecule has 2 heterocycles. The van der Waals surface area contributed by atoms with Crippen LogP contribution in [0.5, 0.6) is 0 Å². The summed E-state index contributed by atoms with van der Waals surface area (Å²) in [5, 5.41) is 3.14. The van der Waals surface area contributed by atoms with Crippen molar-refractivity contribution in [1.29, 1.82) is 0 Å². The second-order valence-corrected chi connectivity index (χ2v) is 10.7. The van der Waals surface area contributed by atoms with E-state index in [4.69, 9.17) is 10.5 Å². The molecule has 1 saturated carbocycles. The first kappa shape index (κ1) is 26.4. The summed E-state index contributed by atoms with van der Waals surface area (Å²) in [4.78, 5) is 22.5. The maximum atomic E-state index is 13.0. The van der Waals surface area contributed by atoms with Gasteiger partial charge in [0.2, 0.25) is 0 Å². The third-order valence-corrected chi connectivity index (χ3v) is 7.71. The predicted octanol–water partition coefficient (Wildman–Crippen LogP) is 3.87. The van der Waals surface area contributed by atoms with Gasteiger partial charge in [-0.3, -0.25) is 9.69 Å². The molecule has 0 radical (unpaired) electrons. The number of nitrogens with one attached hydrogen (secondary N) is 1. The number of hydrogen-bond acceptors (Lipinski definition) is 6. The number of pyridine rings is 1. The van der Waals surface area contributed by atoms with Crippen LogP contribution in [0.2, 0.25) is 0 Å². The monoisotopic (exact) mass is 513 g/mol. The van der Waals surface area contributed by atoms with E-state index in [2.05, 4.69) is 63.5 Å². The van der Waals surface area contributed by atoms with Crippen molar-refractivity contribution in [3.8, 4) is 0 Å². The molecule has 2 atom stereocenters. The summed E-state index contributed by atoms with van der Waals surface area (Å²) in [6.07, 6.45) is 3.57. The Balaban J connectivity index is 1.13. The molecule has 1 amide bonds. The van der Waals surface area contributed by atoms with Crippen LogP contribution in [0.3, 0.4) is 0 Å². The Morgan fingerprint density at radius 3 is 2.42 bits per heavy atom. The van der Waals surface area contributed by atoms with Gasteiger partial charge in [-0.25, -0.2) is 4.98 Å². The molecule has 2 aliphatic rings. The van der Waals surface area contributed by atoms with Gasteiger partial charge in [-0.1, -0.05) is 54.6 Å². The number of likely N-dealkylation sites (N-methyl/N-ethyl adjacent to an activating group) is 1. The summed E-state index contributed by atoms with van der Waals surface area (Å²) in [6, 6.07) is 22.6. The maximum Gasteiger partial charge on any atom is 0.255 e. The standard InChI is InChI=1S/C31H39N5O2/c1-35-16-18-36(19-17-35)21-24-12-10-23(11-13-24)20-26-14-15-27(30(32)33-26)31(37)34-28-8-5-9-29(28)38-22-25-6-3-2-4-7-25/h2-4,6-7,10-15,28-29H,5,8-9,16-22H2,1H3,(H2,32,33)(H,34,37)/t28-,29-/m0/s1. The zero-order valence-electron chi connectivity index (χ0n) is 22.3. The highest BCUT2D eigenvalue weighted by Crippen LogP contribution is 2.24. The quantitative estimate of drug-likeness (QED) is 0.452. The van der Waals surface area contributed by atoms with Crippen LogP contribution in [0, 0.1) is 0 Å². The van der Waals surface area contributed by atoms with Crippen molar-refractivity contribution in [1.82, 2.24) is 20.1 Å². The molecule has 7 heteroatoms. The molecule has 38 heavy (non-hydrogen) atoms. The molecule has 3 N–H and O–H groups in total. The van der Waals surface area contributed by atoms with Crippen molar-refractivity contribution in [2.24, 2.45) is 0 Å². The zero-order valence-corrected chi connectivity index (χ0v) is 22.3. The van der Waals surface area contributed by atoms with Crippen molar-refractivity contribution >= 4 is 11.7 Å². The number of benzene rings is 2. The van der Waals surface area contributed by atoms with E-state index < -0.39 is 0 Å². The van der Waals surface area contributed by atoms with Crippen molar-refractivity contribution in [2.75, 3.05) is 39.0 Å². The molecule has 1 aliphatic carbocycles. The topological polar surface area (TPSA) is 83.7 Å². The van der Waals surface area contributed by atoms with Crippen molar-refractivity contribution < 1.29 is 9.53 Å². The number of anilines is 1. The number of rotatable bonds is 9. The van der Waals surface area contributed by atoms with Crippen molar-refractivity contribution in [3.63, 3.8) is 0 Å². The highest BCUT2D eigenvalue weighted by molar-refractivity contribution is 5.98. The number of carbonyl (C=O) groups is 1. The molecule has 5 rings (SSSR count). The fraction of sp³-hybridized carbons (Fsp3) is 0.419. The molecule has 0 bridgehead atoms. The Bertz CT molecular complexity index is 1190. The summed E-state index contributed by atoms with van der Waals surface area (Å²) in [6.45, 7) is 6.02. The third-order valence-electron chi connectivity index (χ3n) is 7.71. The van der Waals surface area contributed by atoms with E-state index in [0.717, 1.165) is 63.2 Å². The molecule has 2 fully saturated rings. The van der Waals surface area contributed by atoms with Crippen molar-refractivity contribution in [3.05, 3.63) is 94.7 Å². The van der Waals surface area contributed by atoms with Gasteiger partial charge in [-0.05, 0) is 55.1 Å². The van der Waals surface area contributed by atoms with Gasteiger partial charge >= 0.3 is 0 Å². The van der Waals surface area contributed by atoms with Crippen LogP contribution in [0.1, 0.15) is 52.0 Å². The smallest absolute Gasteiger partial charge is 0.255 e. The second kappa shape index (κ2) is 12.5. The minimum atomic E-state index is -0.185. The summed E-state index contributed by atoms with van der Waals surface area (Å²) < 4.78 is 6.14.